The summed E-state index contributed by atoms with van der Waals surface area (Å²) >= 11 is 1.51. The number of nitrogens with zero attached hydrogens (tertiary/aromatic N) is 3. The maximum Gasteiger partial charge on any atom is 0.278 e. The van der Waals surface area contributed by atoms with Crippen molar-refractivity contribution in [3.05, 3.63) is 26.6 Å². The van der Waals surface area contributed by atoms with Crippen LogP contribution in [0.15, 0.2) is 4.79 Å². The summed E-state index contributed by atoms with van der Waals surface area (Å²) in [6.07, 6.45) is 2.26. The quantitative estimate of drug-likeness (QED) is 0.826. The van der Waals surface area contributed by atoms with E-state index in [1.807, 2.05) is 6.92 Å². The van der Waals surface area contributed by atoms with Gasteiger partial charge in [-0.15, -0.1) is 0 Å². The summed E-state index contributed by atoms with van der Waals surface area (Å²) in [5, 5.41) is 8.75. The van der Waals surface area contributed by atoms with Crippen molar-refractivity contribution in [3.8, 4) is 0 Å². The lowest BCUT2D eigenvalue weighted by Gasteiger charge is -2.02. The number of rotatable bonds is 1. The Kier molecular flexibility index (Phi) is 2.48. The lowest BCUT2D eigenvalue weighted by atomic mass is 10.2. The maximum atomic E-state index is 12.0. The van der Waals surface area contributed by atoms with Crippen LogP contribution in [0.5, 0.6) is 0 Å². The Bertz CT molecular complexity index is 624. The minimum atomic E-state index is -0.0482. The summed E-state index contributed by atoms with van der Waals surface area (Å²) < 4.78 is 1.43. The number of fused-ring (bicyclic) bond motifs is 1. The fourth-order valence-electron chi connectivity index (χ4n) is 2.08. The van der Waals surface area contributed by atoms with Crippen LogP contribution >= 0.6 is 11.3 Å². The Labute approximate surface area is 103 Å². The van der Waals surface area contributed by atoms with Gasteiger partial charge in [-0.3, -0.25) is 4.79 Å². The van der Waals surface area contributed by atoms with Crippen LogP contribution in [0.4, 0.5) is 0 Å². The summed E-state index contributed by atoms with van der Waals surface area (Å²) in [6.45, 7) is 4.69. The number of aromatic nitrogens is 3. The SMILES string of the molecule is Cc1nc2sc(C3CCCN3)nn2c(=O)c1C. The van der Waals surface area contributed by atoms with Crippen LogP contribution < -0.4 is 10.9 Å². The van der Waals surface area contributed by atoms with Crippen LogP contribution in [0, 0.1) is 13.8 Å². The third kappa shape index (κ3) is 1.68. The smallest absolute Gasteiger partial charge is 0.278 e. The molecular formula is C11H14N4OS. The summed E-state index contributed by atoms with van der Waals surface area (Å²) in [5.41, 5.74) is 1.43. The lowest BCUT2D eigenvalue weighted by molar-refractivity contribution is 0.627. The van der Waals surface area contributed by atoms with Gasteiger partial charge in [0.1, 0.15) is 5.01 Å². The van der Waals surface area contributed by atoms with Crippen molar-refractivity contribution in [1.29, 1.82) is 0 Å². The molecule has 17 heavy (non-hydrogen) atoms. The van der Waals surface area contributed by atoms with Gasteiger partial charge in [-0.05, 0) is 33.2 Å². The molecule has 0 aliphatic carbocycles. The minimum Gasteiger partial charge on any atom is -0.308 e. The fourth-order valence-corrected chi connectivity index (χ4v) is 3.12. The molecular weight excluding hydrogens is 236 g/mol. The first kappa shape index (κ1) is 10.9. The van der Waals surface area contributed by atoms with Crippen LogP contribution in [0.1, 0.15) is 35.1 Å². The van der Waals surface area contributed by atoms with E-state index in [-0.39, 0.29) is 5.56 Å². The van der Waals surface area contributed by atoms with E-state index < -0.39 is 0 Å². The molecule has 0 spiro atoms. The van der Waals surface area contributed by atoms with Gasteiger partial charge in [0, 0.05) is 11.3 Å². The van der Waals surface area contributed by atoms with E-state index in [9.17, 15) is 4.79 Å². The third-order valence-electron chi connectivity index (χ3n) is 3.25. The topological polar surface area (TPSA) is 59.3 Å². The highest BCUT2D eigenvalue weighted by atomic mass is 32.1. The van der Waals surface area contributed by atoms with E-state index >= 15 is 0 Å². The van der Waals surface area contributed by atoms with Gasteiger partial charge < -0.3 is 5.32 Å². The van der Waals surface area contributed by atoms with Crippen molar-refractivity contribution in [2.75, 3.05) is 6.54 Å². The largest absolute Gasteiger partial charge is 0.308 e. The maximum absolute atomic E-state index is 12.0. The zero-order valence-electron chi connectivity index (χ0n) is 9.86. The van der Waals surface area contributed by atoms with Crippen molar-refractivity contribution >= 4 is 16.3 Å². The molecule has 1 aliphatic heterocycles. The minimum absolute atomic E-state index is 0.0482. The van der Waals surface area contributed by atoms with Crippen LogP contribution in [-0.4, -0.2) is 21.1 Å². The summed E-state index contributed by atoms with van der Waals surface area (Å²) in [6, 6.07) is 0.293. The first-order valence-corrected chi connectivity index (χ1v) is 6.59. The molecule has 0 amide bonds. The normalized spacial score (nSPS) is 20.2. The Morgan fingerprint density at radius 1 is 1.47 bits per heavy atom. The van der Waals surface area contributed by atoms with Crippen molar-refractivity contribution in [3.63, 3.8) is 0 Å². The van der Waals surface area contributed by atoms with Crippen molar-refractivity contribution in [2.45, 2.75) is 32.7 Å². The second-order valence-electron chi connectivity index (χ2n) is 4.41. The van der Waals surface area contributed by atoms with Crippen molar-refractivity contribution in [2.24, 2.45) is 0 Å². The zero-order valence-corrected chi connectivity index (χ0v) is 10.7. The fraction of sp³-hybridized carbons (Fsp3) is 0.545. The molecule has 1 aliphatic rings. The molecule has 90 valence electrons. The molecule has 5 nitrogen and oxygen atoms in total. The third-order valence-corrected chi connectivity index (χ3v) is 4.28. The Balaban J connectivity index is 2.18. The van der Waals surface area contributed by atoms with Gasteiger partial charge in [0.2, 0.25) is 4.96 Å². The average Bonchev–Trinajstić information content (AvgIpc) is 2.93. The van der Waals surface area contributed by atoms with Gasteiger partial charge in [-0.1, -0.05) is 11.3 Å². The Morgan fingerprint density at radius 3 is 3.00 bits per heavy atom. The molecule has 0 aromatic carbocycles. The van der Waals surface area contributed by atoms with E-state index in [2.05, 4.69) is 15.4 Å². The molecule has 6 heteroatoms. The van der Waals surface area contributed by atoms with Crippen LogP contribution in [0.25, 0.3) is 4.96 Å². The predicted octanol–water partition coefficient (Wildman–Crippen LogP) is 1.19. The van der Waals surface area contributed by atoms with Gasteiger partial charge in [0.15, 0.2) is 0 Å². The molecule has 2 aromatic heterocycles. The van der Waals surface area contributed by atoms with Gasteiger partial charge in [0.25, 0.3) is 5.56 Å². The van der Waals surface area contributed by atoms with E-state index in [1.54, 1.807) is 6.92 Å². The van der Waals surface area contributed by atoms with E-state index in [0.717, 1.165) is 23.7 Å². The summed E-state index contributed by atoms with van der Waals surface area (Å²) in [4.78, 5) is 17.1. The Hall–Kier alpha value is -1.27. The van der Waals surface area contributed by atoms with E-state index in [0.29, 0.717) is 16.6 Å². The number of nitrogens with one attached hydrogen (secondary N) is 1. The Morgan fingerprint density at radius 2 is 2.29 bits per heavy atom. The van der Waals surface area contributed by atoms with Gasteiger partial charge in [-0.25, -0.2) is 4.98 Å². The highest BCUT2D eigenvalue weighted by Crippen LogP contribution is 2.26. The second kappa shape index (κ2) is 3.89. The molecule has 0 radical (unpaired) electrons. The monoisotopic (exact) mass is 250 g/mol. The molecule has 1 N–H and O–H groups in total. The van der Waals surface area contributed by atoms with Crippen LogP contribution in [0.3, 0.4) is 0 Å². The molecule has 0 bridgehead atoms. The van der Waals surface area contributed by atoms with E-state index in [1.165, 1.54) is 22.3 Å². The predicted molar refractivity (Wildman–Crippen MR) is 66.6 cm³/mol. The van der Waals surface area contributed by atoms with E-state index in [4.69, 9.17) is 0 Å². The van der Waals surface area contributed by atoms with Gasteiger partial charge in [0.05, 0.1) is 6.04 Å². The molecule has 3 heterocycles. The summed E-state index contributed by atoms with van der Waals surface area (Å²) in [5.74, 6) is 0. The van der Waals surface area contributed by atoms with Gasteiger partial charge >= 0.3 is 0 Å². The van der Waals surface area contributed by atoms with Crippen LogP contribution in [0.2, 0.25) is 0 Å². The first-order chi connectivity index (χ1) is 8.16. The first-order valence-electron chi connectivity index (χ1n) is 5.77. The molecule has 2 aromatic rings. The molecule has 1 saturated heterocycles. The highest BCUT2D eigenvalue weighted by molar-refractivity contribution is 7.16. The average molecular weight is 250 g/mol. The molecule has 1 atom stereocenters. The standard InChI is InChI=1S/C11H14N4OS/c1-6-7(2)13-11-15(10(6)16)14-9(17-11)8-4-3-5-12-8/h8,12H,3-5H2,1-2H3. The molecule has 1 unspecified atom stereocenters. The lowest BCUT2D eigenvalue weighted by Crippen LogP contribution is -2.20. The molecule has 1 fully saturated rings. The zero-order chi connectivity index (χ0) is 12.0. The van der Waals surface area contributed by atoms with Crippen LogP contribution in [-0.2, 0) is 0 Å². The second-order valence-corrected chi connectivity index (χ2v) is 5.40. The van der Waals surface area contributed by atoms with Crippen molar-refractivity contribution in [1.82, 2.24) is 19.9 Å². The van der Waals surface area contributed by atoms with Crippen molar-refractivity contribution < 1.29 is 0 Å². The van der Waals surface area contributed by atoms with Gasteiger partial charge in [-0.2, -0.15) is 9.61 Å². The number of aryl methyl sites for hydroxylation is 1. The number of hydrogen-bond donors (Lipinski definition) is 1. The molecule has 3 rings (SSSR count). The number of hydrogen-bond acceptors (Lipinski definition) is 5. The highest BCUT2D eigenvalue weighted by Gasteiger charge is 2.21. The summed E-state index contributed by atoms with van der Waals surface area (Å²) in [7, 11) is 0. The molecule has 0 saturated carbocycles.